The number of rotatable bonds is 9. The molecule has 1 N–H and O–H groups in total. The Hall–Kier alpha value is -1.95. The van der Waals surface area contributed by atoms with E-state index in [-0.39, 0.29) is 11.6 Å². The topological polar surface area (TPSA) is 81.5 Å². The van der Waals surface area contributed by atoms with Crippen molar-refractivity contribution in [2.75, 3.05) is 19.8 Å². The van der Waals surface area contributed by atoms with E-state index in [1.54, 1.807) is 19.1 Å². The molecule has 0 saturated carbocycles. The number of nitro benzene ring substituents is 1. The summed E-state index contributed by atoms with van der Waals surface area (Å²) in [6.45, 7) is 5.59. The Labute approximate surface area is 124 Å². The molecule has 1 aromatic carbocycles. The van der Waals surface area contributed by atoms with Crippen molar-refractivity contribution in [1.82, 2.24) is 5.32 Å². The van der Waals surface area contributed by atoms with Gasteiger partial charge in [0.1, 0.15) is 0 Å². The lowest BCUT2D eigenvalue weighted by Crippen LogP contribution is -2.25. The van der Waals surface area contributed by atoms with Crippen LogP contribution in [0, 0.1) is 17.0 Å². The second-order valence-corrected chi connectivity index (χ2v) is 4.83. The number of carbonyl (C=O) groups is 1. The Morgan fingerprint density at radius 1 is 1.33 bits per heavy atom. The summed E-state index contributed by atoms with van der Waals surface area (Å²) < 4.78 is 5.39. The van der Waals surface area contributed by atoms with Gasteiger partial charge in [-0.05, 0) is 25.8 Å². The molecule has 6 heteroatoms. The monoisotopic (exact) mass is 294 g/mol. The fraction of sp³-hybridized carbons (Fsp3) is 0.533. The average molecular weight is 294 g/mol. The smallest absolute Gasteiger partial charge is 0.273 e. The average Bonchev–Trinajstić information content (AvgIpc) is 2.46. The largest absolute Gasteiger partial charge is 0.381 e. The highest BCUT2D eigenvalue weighted by molar-refractivity contribution is 5.94. The van der Waals surface area contributed by atoms with Crippen molar-refractivity contribution < 1.29 is 14.5 Å². The summed E-state index contributed by atoms with van der Waals surface area (Å²) in [6, 6.07) is 4.48. The standard InChI is InChI=1S/C15H22N2O4/c1-3-4-9-21-10-5-8-16-15(18)13-7-6-12(2)14(11-13)17(19)20/h6-7,11H,3-5,8-10H2,1-2H3,(H,16,18). The van der Waals surface area contributed by atoms with Crippen LogP contribution >= 0.6 is 0 Å². The van der Waals surface area contributed by atoms with Gasteiger partial charge in [0.25, 0.3) is 11.6 Å². The van der Waals surface area contributed by atoms with Crippen LogP contribution in [0.25, 0.3) is 0 Å². The van der Waals surface area contributed by atoms with Gasteiger partial charge in [-0.3, -0.25) is 14.9 Å². The minimum Gasteiger partial charge on any atom is -0.381 e. The normalized spacial score (nSPS) is 10.4. The Kier molecular flexibility index (Phi) is 7.39. The molecule has 1 aromatic rings. The van der Waals surface area contributed by atoms with Crippen molar-refractivity contribution in [2.24, 2.45) is 0 Å². The summed E-state index contributed by atoms with van der Waals surface area (Å²) in [7, 11) is 0. The Bertz CT molecular complexity index is 489. The van der Waals surface area contributed by atoms with Gasteiger partial charge in [-0.15, -0.1) is 0 Å². The number of nitrogens with zero attached hydrogens (tertiary/aromatic N) is 1. The molecule has 0 fully saturated rings. The van der Waals surface area contributed by atoms with Crippen molar-refractivity contribution in [3.63, 3.8) is 0 Å². The first-order chi connectivity index (χ1) is 10.1. The molecular formula is C15H22N2O4. The van der Waals surface area contributed by atoms with Crippen LogP contribution in [0.1, 0.15) is 42.1 Å². The number of ether oxygens (including phenoxy) is 1. The van der Waals surface area contributed by atoms with Crippen LogP contribution < -0.4 is 5.32 Å². The Morgan fingerprint density at radius 2 is 2.05 bits per heavy atom. The van der Waals surface area contributed by atoms with Gasteiger partial charge in [0.2, 0.25) is 0 Å². The molecular weight excluding hydrogens is 272 g/mol. The molecule has 0 aliphatic carbocycles. The van der Waals surface area contributed by atoms with Crippen LogP contribution in [0.15, 0.2) is 18.2 Å². The third-order valence-electron chi connectivity index (χ3n) is 3.06. The fourth-order valence-electron chi connectivity index (χ4n) is 1.77. The summed E-state index contributed by atoms with van der Waals surface area (Å²) >= 11 is 0. The highest BCUT2D eigenvalue weighted by atomic mass is 16.6. The number of unbranched alkanes of at least 4 members (excludes halogenated alkanes) is 1. The molecule has 21 heavy (non-hydrogen) atoms. The maximum atomic E-state index is 11.9. The number of nitro groups is 1. The Morgan fingerprint density at radius 3 is 2.71 bits per heavy atom. The highest BCUT2D eigenvalue weighted by Gasteiger charge is 2.14. The van der Waals surface area contributed by atoms with Crippen LogP contribution in [0.4, 0.5) is 5.69 Å². The fourth-order valence-corrected chi connectivity index (χ4v) is 1.77. The van der Waals surface area contributed by atoms with Gasteiger partial charge in [0.15, 0.2) is 0 Å². The van der Waals surface area contributed by atoms with Gasteiger partial charge < -0.3 is 10.1 Å². The zero-order chi connectivity index (χ0) is 15.7. The van der Waals surface area contributed by atoms with Gasteiger partial charge in [-0.25, -0.2) is 0 Å². The predicted octanol–water partition coefficient (Wildman–Crippen LogP) is 2.84. The number of nitrogens with one attached hydrogen (secondary N) is 1. The summed E-state index contributed by atoms with van der Waals surface area (Å²) in [4.78, 5) is 22.3. The first-order valence-electron chi connectivity index (χ1n) is 7.17. The number of aryl methyl sites for hydroxylation is 1. The highest BCUT2D eigenvalue weighted by Crippen LogP contribution is 2.19. The number of hydrogen-bond acceptors (Lipinski definition) is 4. The molecule has 0 aliphatic rings. The molecule has 1 rings (SSSR count). The van der Waals surface area contributed by atoms with E-state index in [0.717, 1.165) is 25.9 Å². The molecule has 0 bridgehead atoms. The lowest BCUT2D eigenvalue weighted by molar-refractivity contribution is -0.385. The van der Waals surface area contributed by atoms with Crippen molar-refractivity contribution in [3.8, 4) is 0 Å². The van der Waals surface area contributed by atoms with Crippen molar-refractivity contribution in [3.05, 3.63) is 39.4 Å². The second kappa shape index (κ2) is 9.07. The second-order valence-electron chi connectivity index (χ2n) is 4.83. The predicted molar refractivity (Wildman–Crippen MR) is 80.5 cm³/mol. The van der Waals surface area contributed by atoms with Crippen molar-refractivity contribution in [2.45, 2.75) is 33.1 Å². The maximum absolute atomic E-state index is 11.9. The molecule has 116 valence electrons. The zero-order valence-electron chi connectivity index (χ0n) is 12.6. The number of carbonyl (C=O) groups excluding carboxylic acids is 1. The first-order valence-corrected chi connectivity index (χ1v) is 7.17. The lowest BCUT2D eigenvalue weighted by atomic mass is 10.1. The molecule has 0 spiro atoms. The van der Waals surface area contributed by atoms with Crippen LogP contribution in [0.3, 0.4) is 0 Å². The molecule has 0 saturated heterocycles. The maximum Gasteiger partial charge on any atom is 0.273 e. The van der Waals surface area contributed by atoms with E-state index in [4.69, 9.17) is 4.74 Å². The molecule has 1 amide bonds. The van der Waals surface area contributed by atoms with E-state index in [1.165, 1.54) is 6.07 Å². The SMILES string of the molecule is CCCCOCCCNC(=O)c1ccc(C)c([N+](=O)[O-])c1. The zero-order valence-corrected chi connectivity index (χ0v) is 12.6. The molecule has 0 radical (unpaired) electrons. The molecule has 0 heterocycles. The quantitative estimate of drug-likeness (QED) is 0.431. The van der Waals surface area contributed by atoms with E-state index >= 15 is 0 Å². The van der Waals surface area contributed by atoms with Gasteiger partial charge in [-0.2, -0.15) is 0 Å². The summed E-state index contributed by atoms with van der Waals surface area (Å²) in [5.41, 5.74) is 0.811. The molecule has 0 aliphatic heterocycles. The molecule has 6 nitrogen and oxygen atoms in total. The van der Waals surface area contributed by atoms with Gasteiger partial charge in [0.05, 0.1) is 4.92 Å². The van der Waals surface area contributed by atoms with Gasteiger partial charge in [-0.1, -0.05) is 19.4 Å². The van der Waals surface area contributed by atoms with Crippen LogP contribution in [0.2, 0.25) is 0 Å². The van der Waals surface area contributed by atoms with Crippen LogP contribution in [-0.4, -0.2) is 30.6 Å². The minimum absolute atomic E-state index is 0.0365. The summed E-state index contributed by atoms with van der Waals surface area (Å²) in [5.74, 6) is -0.299. The van der Waals surface area contributed by atoms with Gasteiger partial charge >= 0.3 is 0 Å². The minimum atomic E-state index is -0.478. The van der Waals surface area contributed by atoms with Crippen molar-refractivity contribution in [1.29, 1.82) is 0 Å². The van der Waals surface area contributed by atoms with Crippen LogP contribution in [-0.2, 0) is 4.74 Å². The number of hydrogen-bond donors (Lipinski definition) is 1. The molecule has 0 unspecified atom stereocenters. The van der Waals surface area contributed by atoms with E-state index in [1.807, 2.05) is 0 Å². The van der Waals surface area contributed by atoms with E-state index < -0.39 is 4.92 Å². The van der Waals surface area contributed by atoms with Crippen LogP contribution in [0.5, 0.6) is 0 Å². The van der Waals surface area contributed by atoms with E-state index in [2.05, 4.69) is 12.2 Å². The number of benzene rings is 1. The van der Waals surface area contributed by atoms with Gasteiger partial charge in [0, 0.05) is 37.0 Å². The summed E-state index contributed by atoms with van der Waals surface area (Å²) in [5, 5.41) is 13.6. The molecule has 0 atom stereocenters. The van der Waals surface area contributed by atoms with E-state index in [9.17, 15) is 14.9 Å². The molecule has 0 aromatic heterocycles. The first kappa shape index (κ1) is 17.1. The number of amides is 1. The summed E-state index contributed by atoms with van der Waals surface area (Å²) in [6.07, 6.45) is 2.87. The third-order valence-corrected chi connectivity index (χ3v) is 3.06. The Balaban J connectivity index is 2.39. The third kappa shape index (κ3) is 5.91. The van der Waals surface area contributed by atoms with Crippen molar-refractivity contribution >= 4 is 11.6 Å². The van der Waals surface area contributed by atoms with E-state index in [0.29, 0.717) is 24.3 Å². The lowest BCUT2D eigenvalue weighted by Gasteiger charge is -2.06.